The summed E-state index contributed by atoms with van der Waals surface area (Å²) < 4.78 is 7.14. The average Bonchev–Trinajstić information content (AvgIpc) is 3.54. The van der Waals surface area contributed by atoms with Crippen LogP contribution in [0.25, 0.3) is 5.57 Å². The second-order valence-corrected chi connectivity index (χ2v) is 13.9. The maximum Gasteiger partial charge on any atom is 0.329 e. The summed E-state index contributed by atoms with van der Waals surface area (Å²) >= 11 is 0. The fourth-order valence-electron chi connectivity index (χ4n) is 9.32. The van der Waals surface area contributed by atoms with Crippen molar-refractivity contribution in [2.24, 2.45) is 5.92 Å². The topological polar surface area (TPSA) is 55.4 Å². The molecular weight excluding hydrogens is 663 g/mol. The third kappa shape index (κ3) is 4.70. The number of hydrogen-bond acceptors (Lipinski definition) is 3. The molecule has 54 heavy (non-hydrogen) atoms. The van der Waals surface area contributed by atoms with Crippen LogP contribution in [0.3, 0.4) is 0 Å². The lowest BCUT2D eigenvalue weighted by Gasteiger charge is -2.56. The first-order valence-corrected chi connectivity index (χ1v) is 18.3. The van der Waals surface area contributed by atoms with E-state index in [0.717, 1.165) is 33.4 Å². The number of nitrogens with one attached hydrogen (secondary N) is 1. The molecule has 4 nitrogen and oxygen atoms in total. The first-order valence-electron chi connectivity index (χ1n) is 18.3. The van der Waals surface area contributed by atoms with E-state index in [0.29, 0.717) is 16.9 Å². The van der Waals surface area contributed by atoms with Crippen LogP contribution in [0.2, 0.25) is 0 Å². The number of esters is 1. The number of hydrogen-bond donors (Lipinski definition) is 1. The molecule has 4 heteroatoms. The molecule has 260 valence electrons. The van der Waals surface area contributed by atoms with Crippen LogP contribution in [0.4, 0.5) is 0 Å². The molecule has 1 N–H and O–H groups in total. The van der Waals surface area contributed by atoms with Crippen molar-refractivity contribution in [2.75, 3.05) is 0 Å². The molecule has 2 fully saturated rings. The molecule has 1 amide bonds. The van der Waals surface area contributed by atoms with Crippen LogP contribution in [0, 0.1) is 5.92 Å². The highest BCUT2D eigenvalue weighted by atomic mass is 16.5. The maximum absolute atomic E-state index is 16.0. The zero-order chi connectivity index (χ0) is 36.6. The van der Waals surface area contributed by atoms with Gasteiger partial charge in [-0.15, -0.1) is 0 Å². The van der Waals surface area contributed by atoms with E-state index >= 15 is 9.59 Å². The lowest BCUT2D eigenvalue weighted by Crippen LogP contribution is -2.67. The van der Waals surface area contributed by atoms with Crippen LogP contribution in [0.1, 0.15) is 38.9 Å². The van der Waals surface area contributed by atoms with Gasteiger partial charge in [-0.1, -0.05) is 212 Å². The van der Waals surface area contributed by atoms with Gasteiger partial charge in [-0.05, 0) is 38.9 Å². The number of amides is 1. The molecule has 2 atom stereocenters. The second kappa shape index (κ2) is 13.3. The summed E-state index contributed by atoms with van der Waals surface area (Å²) in [6.07, 6.45) is 0. The molecule has 9 rings (SSSR count). The number of benzene rings is 7. The zero-order valence-corrected chi connectivity index (χ0v) is 29.5. The van der Waals surface area contributed by atoms with Crippen LogP contribution in [0.5, 0.6) is 0 Å². The van der Waals surface area contributed by atoms with Crippen molar-refractivity contribution in [1.82, 2.24) is 5.32 Å². The molecule has 0 spiro atoms. The van der Waals surface area contributed by atoms with Crippen molar-refractivity contribution in [1.29, 1.82) is 0 Å². The maximum atomic E-state index is 16.0. The average molecular weight is 700 g/mol. The molecule has 0 saturated carbocycles. The van der Waals surface area contributed by atoms with Crippen molar-refractivity contribution >= 4 is 17.4 Å². The van der Waals surface area contributed by atoms with E-state index < -0.39 is 28.3 Å². The summed E-state index contributed by atoms with van der Waals surface area (Å²) in [5.74, 6) is -1.09. The largest absolute Gasteiger partial charge is 0.429 e. The summed E-state index contributed by atoms with van der Waals surface area (Å²) in [6, 6.07) is 69.7. The predicted molar refractivity (Wildman–Crippen MR) is 212 cm³/mol. The molecule has 0 bridgehead atoms. The first kappa shape index (κ1) is 33.1. The van der Waals surface area contributed by atoms with E-state index in [4.69, 9.17) is 4.74 Å². The summed E-state index contributed by atoms with van der Waals surface area (Å²) in [7, 11) is 0. The number of fused-ring (bicyclic) bond motifs is 1. The summed E-state index contributed by atoms with van der Waals surface area (Å²) in [5.41, 5.74) is 1.94. The third-order valence-electron chi connectivity index (χ3n) is 11.4. The number of ether oxygens (including phenoxy) is 1. The van der Waals surface area contributed by atoms with Gasteiger partial charge in [0.05, 0.1) is 5.92 Å². The number of rotatable bonds is 7. The van der Waals surface area contributed by atoms with Gasteiger partial charge >= 0.3 is 5.97 Å². The Morgan fingerprint density at radius 3 is 1.15 bits per heavy atom. The molecule has 0 aromatic heterocycles. The smallest absolute Gasteiger partial charge is 0.329 e. The van der Waals surface area contributed by atoms with Crippen LogP contribution in [-0.4, -0.2) is 11.9 Å². The lowest BCUT2D eigenvalue weighted by molar-refractivity contribution is -0.157. The molecule has 2 aliphatic heterocycles. The Labute approximate surface area is 315 Å². The Hall–Kier alpha value is -6.78. The fraction of sp³-hybridized carbons (Fsp3) is 0.0800. The second-order valence-electron chi connectivity index (χ2n) is 13.9. The van der Waals surface area contributed by atoms with Crippen LogP contribution < -0.4 is 5.32 Å². The van der Waals surface area contributed by atoms with Crippen molar-refractivity contribution < 1.29 is 14.3 Å². The van der Waals surface area contributed by atoms with Crippen molar-refractivity contribution in [3.05, 3.63) is 257 Å². The Balaban J connectivity index is 1.56. The Bertz CT molecular complexity index is 2330. The number of cyclic esters (lactones) is 1. The van der Waals surface area contributed by atoms with E-state index in [2.05, 4.69) is 5.32 Å². The minimum absolute atomic E-state index is 0.221. The molecule has 7 aromatic rings. The van der Waals surface area contributed by atoms with Crippen LogP contribution >= 0.6 is 0 Å². The molecule has 2 saturated heterocycles. The van der Waals surface area contributed by atoms with Gasteiger partial charge < -0.3 is 10.1 Å². The van der Waals surface area contributed by atoms with E-state index in [1.54, 1.807) is 0 Å². The SMILES string of the molecule is O=C1NC2(c3ccccc3)C(C(=C(c3ccccc3)c3ccccc3)OC(=O)C2(c2ccccc2)c2ccccc2)C1(c1ccccc1)c1ccccc1. The molecule has 2 heterocycles. The highest BCUT2D eigenvalue weighted by Crippen LogP contribution is 2.67. The fourth-order valence-corrected chi connectivity index (χ4v) is 9.32. The highest BCUT2D eigenvalue weighted by Gasteiger charge is 2.78. The van der Waals surface area contributed by atoms with E-state index in [1.807, 2.05) is 212 Å². The Morgan fingerprint density at radius 2 is 0.759 bits per heavy atom. The van der Waals surface area contributed by atoms with Gasteiger partial charge in [-0.25, -0.2) is 0 Å². The van der Waals surface area contributed by atoms with Gasteiger partial charge in [0.15, 0.2) is 0 Å². The number of carbonyl (C=O) groups excluding carboxylic acids is 2. The van der Waals surface area contributed by atoms with Crippen LogP contribution in [0.15, 0.2) is 218 Å². The van der Waals surface area contributed by atoms with Gasteiger partial charge in [0, 0.05) is 5.57 Å². The highest BCUT2D eigenvalue weighted by molar-refractivity contribution is 6.04. The van der Waals surface area contributed by atoms with Gasteiger partial charge in [-0.2, -0.15) is 0 Å². The predicted octanol–water partition coefficient (Wildman–Crippen LogP) is 9.62. The quantitative estimate of drug-likeness (QED) is 0.169. The molecular formula is C50H37NO3. The minimum atomic E-state index is -1.55. The Morgan fingerprint density at radius 1 is 0.426 bits per heavy atom. The van der Waals surface area contributed by atoms with Crippen molar-refractivity contribution in [2.45, 2.75) is 16.4 Å². The molecule has 7 aromatic carbocycles. The van der Waals surface area contributed by atoms with E-state index in [9.17, 15) is 0 Å². The van der Waals surface area contributed by atoms with Crippen molar-refractivity contribution in [3.8, 4) is 0 Å². The van der Waals surface area contributed by atoms with Gasteiger partial charge in [-0.3, -0.25) is 9.59 Å². The summed E-state index contributed by atoms with van der Waals surface area (Å²) in [4.78, 5) is 32.0. The van der Waals surface area contributed by atoms with E-state index in [1.165, 1.54) is 0 Å². The van der Waals surface area contributed by atoms with E-state index in [-0.39, 0.29) is 5.91 Å². The first-order chi connectivity index (χ1) is 26.6. The summed E-state index contributed by atoms with van der Waals surface area (Å²) in [6.45, 7) is 0. The molecule has 2 unspecified atom stereocenters. The number of carbonyl (C=O) groups is 2. The summed E-state index contributed by atoms with van der Waals surface area (Å²) in [5, 5.41) is 3.71. The lowest BCUT2D eigenvalue weighted by atomic mass is 9.48. The van der Waals surface area contributed by atoms with Gasteiger partial charge in [0.25, 0.3) is 0 Å². The van der Waals surface area contributed by atoms with Gasteiger partial charge in [0.2, 0.25) is 5.91 Å². The van der Waals surface area contributed by atoms with Crippen molar-refractivity contribution in [3.63, 3.8) is 0 Å². The molecule has 2 aliphatic rings. The van der Waals surface area contributed by atoms with Gasteiger partial charge in [0.1, 0.15) is 22.1 Å². The monoisotopic (exact) mass is 699 g/mol. The molecule has 0 radical (unpaired) electrons. The molecule has 0 aliphatic carbocycles. The minimum Gasteiger partial charge on any atom is -0.429 e. The Kier molecular flexibility index (Phi) is 8.16. The zero-order valence-electron chi connectivity index (χ0n) is 29.5. The van der Waals surface area contributed by atoms with Crippen LogP contribution in [-0.2, 0) is 30.7 Å². The standard InChI is InChI=1S/C50H37NO3/c52-46-48(38-26-12-3-13-27-38,39-28-14-4-15-29-39)45-44(43(36-22-8-1-9-23-36)37-24-10-2-11-25-37)54-47(53)49(40-30-16-5-17-31-40,41-32-18-6-19-33-41)50(45,51-46)42-34-20-7-21-35-42/h1-35,45H,(H,51,52). The normalized spacial score (nSPS) is 19.6. The third-order valence-corrected chi connectivity index (χ3v) is 11.4.